The lowest BCUT2D eigenvalue weighted by molar-refractivity contribution is 0.0957. The van der Waals surface area contributed by atoms with E-state index in [0.29, 0.717) is 27.9 Å². The van der Waals surface area contributed by atoms with Gasteiger partial charge in [-0.15, -0.1) is 11.8 Å². The Bertz CT molecular complexity index is 922. The lowest BCUT2D eigenvalue weighted by atomic mass is 10.1. The number of fused-ring (bicyclic) bond motifs is 1. The lowest BCUT2D eigenvalue weighted by Crippen LogP contribution is -2.26. The summed E-state index contributed by atoms with van der Waals surface area (Å²) in [5.74, 6) is 0.549. The maximum Gasteiger partial charge on any atom is 0.255 e. The number of halogens is 1. The van der Waals surface area contributed by atoms with Crippen molar-refractivity contribution >= 4 is 40.0 Å². The maximum atomic E-state index is 12.4. The van der Waals surface area contributed by atoms with Gasteiger partial charge in [-0.05, 0) is 30.3 Å². The quantitative estimate of drug-likeness (QED) is 0.540. The molecule has 0 bridgehead atoms. The Kier molecular flexibility index (Phi) is 5.23. The van der Waals surface area contributed by atoms with Gasteiger partial charge in [-0.1, -0.05) is 29.8 Å². The van der Waals surface area contributed by atoms with Gasteiger partial charge in [-0.2, -0.15) is 0 Å². The standard InChI is InChI=1S/C18H15ClN2O2S/c19-12-5-7-13(8-6-12)24-10-9-20-18(23)16-11-21-17(22)15-4-2-1-3-14(15)16/h1-8,11H,9-10H2,(H,20,23)(H,21,22). The molecule has 6 heteroatoms. The number of rotatable bonds is 5. The number of hydrogen-bond donors (Lipinski definition) is 2. The molecular formula is C18H15ClN2O2S. The number of thioether (sulfide) groups is 1. The maximum absolute atomic E-state index is 12.4. The molecule has 24 heavy (non-hydrogen) atoms. The van der Waals surface area contributed by atoms with Crippen LogP contribution in [0.25, 0.3) is 10.8 Å². The predicted molar refractivity (Wildman–Crippen MR) is 99.1 cm³/mol. The van der Waals surface area contributed by atoms with Crippen LogP contribution in [0.4, 0.5) is 0 Å². The highest BCUT2D eigenvalue weighted by molar-refractivity contribution is 7.99. The van der Waals surface area contributed by atoms with E-state index in [9.17, 15) is 9.59 Å². The van der Waals surface area contributed by atoms with E-state index in [0.717, 1.165) is 10.6 Å². The molecule has 0 saturated carbocycles. The van der Waals surface area contributed by atoms with E-state index in [1.807, 2.05) is 30.3 Å². The Balaban J connectivity index is 1.62. The minimum atomic E-state index is -0.195. The fourth-order valence-electron chi connectivity index (χ4n) is 2.36. The molecule has 0 saturated heterocycles. The van der Waals surface area contributed by atoms with E-state index >= 15 is 0 Å². The summed E-state index contributed by atoms with van der Waals surface area (Å²) >= 11 is 7.49. The summed E-state index contributed by atoms with van der Waals surface area (Å²) in [5, 5.41) is 4.76. The molecule has 122 valence electrons. The summed E-state index contributed by atoms with van der Waals surface area (Å²) in [5.41, 5.74) is 0.280. The monoisotopic (exact) mass is 358 g/mol. The van der Waals surface area contributed by atoms with Crippen molar-refractivity contribution in [2.24, 2.45) is 0 Å². The largest absolute Gasteiger partial charge is 0.351 e. The van der Waals surface area contributed by atoms with Gasteiger partial charge < -0.3 is 10.3 Å². The van der Waals surface area contributed by atoms with Gasteiger partial charge in [0.25, 0.3) is 11.5 Å². The molecule has 0 radical (unpaired) electrons. The summed E-state index contributed by atoms with van der Waals surface area (Å²) in [6, 6.07) is 14.7. The number of pyridine rings is 1. The van der Waals surface area contributed by atoms with Crippen LogP contribution in [0.3, 0.4) is 0 Å². The van der Waals surface area contributed by atoms with Gasteiger partial charge in [0.15, 0.2) is 0 Å². The molecule has 1 aromatic heterocycles. The number of aromatic nitrogens is 1. The van der Waals surface area contributed by atoms with Crippen LogP contribution in [-0.4, -0.2) is 23.2 Å². The first-order valence-corrected chi connectivity index (χ1v) is 8.78. The second-order valence-corrected chi connectivity index (χ2v) is 6.74. The van der Waals surface area contributed by atoms with Crippen molar-refractivity contribution in [1.29, 1.82) is 0 Å². The van der Waals surface area contributed by atoms with Crippen LogP contribution in [0.5, 0.6) is 0 Å². The molecule has 4 nitrogen and oxygen atoms in total. The minimum Gasteiger partial charge on any atom is -0.351 e. The second kappa shape index (κ2) is 7.55. The number of amides is 1. The number of carbonyl (C=O) groups excluding carboxylic acids is 1. The van der Waals surface area contributed by atoms with Crippen molar-refractivity contribution in [2.75, 3.05) is 12.3 Å². The molecule has 3 aromatic rings. The molecule has 0 aliphatic heterocycles. The van der Waals surface area contributed by atoms with Gasteiger partial charge in [0.1, 0.15) is 0 Å². The summed E-state index contributed by atoms with van der Waals surface area (Å²) in [4.78, 5) is 27.9. The number of nitrogens with one attached hydrogen (secondary N) is 2. The third-order valence-corrected chi connectivity index (χ3v) is 4.79. The molecular weight excluding hydrogens is 344 g/mol. The van der Waals surface area contributed by atoms with E-state index < -0.39 is 0 Å². The van der Waals surface area contributed by atoms with Crippen LogP contribution in [0, 0.1) is 0 Å². The Morgan fingerprint density at radius 1 is 1.08 bits per heavy atom. The van der Waals surface area contributed by atoms with Crippen molar-refractivity contribution < 1.29 is 4.79 Å². The van der Waals surface area contributed by atoms with Gasteiger partial charge in [-0.25, -0.2) is 0 Å². The van der Waals surface area contributed by atoms with Gasteiger partial charge in [-0.3, -0.25) is 9.59 Å². The van der Waals surface area contributed by atoms with E-state index in [4.69, 9.17) is 11.6 Å². The van der Waals surface area contributed by atoms with E-state index in [1.54, 1.807) is 30.0 Å². The van der Waals surface area contributed by atoms with Gasteiger partial charge in [0.05, 0.1) is 5.56 Å². The Hall–Kier alpha value is -2.24. The minimum absolute atomic E-state index is 0.194. The fraction of sp³-hybridized carbons (Fsp3) is 0.111. The molecule has 3 rings (SSSR count). The molecule has 2 N–H and O–H groups in total. The van der Waals surface area contributed by atoms with E-state index in [1.165, 1.54) is 6.20 Å². The number of benzene rings is 2. The SMILES string of the molecule is O=C(NCCSc1ccc(Cl)cc1)c1c[nH]c(=O)c2ccccc12. The normalized spacial score (nSPS) is 10.7. The summed E-state index contributed by atoms with van der Waals surface area (Å²) < 4.78 is 0. The smallest absolute Gasteiger partial charge is 0.255 e. The topological polar surface area (TPSA) is 62.0 Å². The molecule has 0 aliphatic carbocycles. The predicted octanol–water partition coefficient (Wildman–Crippen LogP) is 3.70. The van der Waals surface area contributed by atoms with Gasteiger partial charge in [0, 0.05) is 39.2 Å². The number of carbonyl (C=O) groups is 1. The van der Waals surface area contributed by atoms with Crippen molar-refractivity contribution in [3.8, 4) is 0 Å². The molecule has 0 fully saturated rings. The molecule has 1 heterocycles. The molecule has 1 amide bonds. The van der Waals surface area contributed by atoms with Crippen molar-refractivity contribution in [3.05, 3.63) is 75.7 Å². The van der Waals surface area contributed by atoms with Crippen LogP contribution in [0.2, 0.25) is 5.02 Å². The first-order chi connectivity index (χ1) is 11.6. The highest BCUT2D eigenvalue weighted by Gasteiger charge is 2.11. The average molecular weight is 359 g/mol. The molecule has 0 unspecified atom stereocenters. The Morgan fingerprint density at radius 2 is 1.79 bits per heavy atom. The van der Waals surface area contributed by atoms with Crippen LogP contribution < -0.4 is 10.9 Å². The number of hydrogen-bond acceptors (Lipinski definition) is 3. The Morgan fingerprint density at radius 3 is 2.54 bits per heavy atom. The first-order valence-electron chi connectivity index (χ1n) is 7.42. The number of aromatic amines is 1. The van der Waals surface area contributed by atoms with Crippen LogP contribution >= 0.6 is 23.4 Å². The van der Waals surface area contributed by atoms with Crippen molar-refractivity contribution in [1.82, 2.24) is 10.3 Å². The van der Waals surface area contributed by atoms with Crippen LogP contribution in [-0.2, 0) is 0 Å². The second-order valence-electron chi connectivity index (χ2n) is 5.14. The van der Waals surface area contributed by atoms with E-state index in [-0.39, 0.29) is 11.5 Å². The first kappa shape index (κ1) is 16.6. The molecule has 0 spiro atoms. The van der Waals surface area contributed by atoms with Crippen molar-refractivity contribution in [3.63, 3.8) is 0 Å². The highest BCUT2D eigenvalue weighted by Crippen LogP contribution is 2.20. The zero-order chi connectivity index (χ0) is 16.9. The fourth-order valence-corrected chi connectivity index (χ4v) is 3.25. The molecule has 0 atom stereocenters. The number of H-pyrrole nitrogens is 1. The zero-order valence-corrected chi connectivity index (χ0v) is 14.3. The molecule has 2 aromatic carbocycles. The third-order valence-electron chi connectivity index (χ3n) is 3.52. The molecule has 0 aliphatic rings. The Labute approximate surface area is 148 Å². The average Bonchev–Trinajstić information content (AvgIpc) is 2.60. The van der Waals surface area contributed by atoms with Crippen LogP contribution in [0.1, 0.15) is 10.4 Å². The summed E-state index contributed by atoms with van der Waals surface area (Å²) in [6.07, 6.45) is 1.46. The highest BCUT2D eigenvalue weighted by atomic mass is 35.5. The summed E-state index contributed by atoms with van der Waals surface area (Å²) in [7, 11) is 0. The van der Waals surface area contributed by atoms with Crippen molar-refractivity contribution in [2.45, 2.75) is 4.90 Å². The lowest BCUT2D eigenvalue weighted by Gasteiger charge is -2.08. The van der Waals surface area contributed by atoms with E-state index in [2.05, 4.69) is 10.3 Å². The van der Waals surface area contributed by atoms with Gasteiger partial charge in [0.2, 0.25) is 0 Å². The van der Waals surface area contributed by atoms with Gasteiger partial charge >= 0.3 is 0 Å². The summed E-state index contributed by atoms with van der Waals surface area (Å²) in [6.45, 7) is 0.527. The van der Waals surface area contributed by atoms with Crippen LogP contribution in [0.15, 0.2) is 64.4 Å². The zero-order valence-electron chi connectivity index (χ0n) is 12.7. The third kappa shape index (κ3) is 3.80.